The average molecular weight is 488 g/mol. The van der Waals surface area contributed by atoms with Crippen LogP contribution in [0.3, 0.4) is 0 Å². The molecule has 0 radical (unpaired) electrons. The second-order valence-corrected chi connectivity index (χ2v) is 8.58. The molecule has 0 bridgehead atoms. The summed E-state index contributed by atoms with van der Waals surface area (Å²) in [6, 6.07) is 18.2. The number of carboxylic acids is 1. The van der Waals surface area contributed by atoms with Crippen LogP contribution >= 0.6 is 0 Å². The maximum Gasteiger partial charge on any atom is 0.339 e. The second kappa shape index (κ2) is 9.01. The van der Waals surface area contributed by atoms with Crippen LogP contribution in [0.15, 0.2) is 66.7 Å². The van der Waals surface area contributed by atoms with Crippen LogP contribution in [0.4, 0.5) is 11.4 Å². The van der Waals surface area contributed by atoms with Gasteiger partial charge in [-0.3, -0.25) is 14.4 Å². The number of ether oxygens (including phenoxy) is 2. The first-order chi connectivity index (χ1) is 17.4. The Morgan fingerprint density at radius 2 is 1.58 bits per heavy atom. The van der Waals surface area contributed by atoms with Crippen LogP contribution in [0.2, 0.25) is 0 Å². The minimum absolute atomic E-state index is 0.0196. The maximum atomic E-state index is 13.8. The molecular weight excluding hydrogens is 464 g/mol. The van der Waals surface area contributed by atoms with E-state index < -0.39 is 35.8 Å². The molecule has 2 heterocycles. The Labute approximate surface area is 207 Å². The molecule has 0 aliphatic carbocycles. The molecule has 2 aliphatic rings. The number of hydrogen-bond donors (Lipinski definition) is 1. The van der Waals surface area contributed by atoms with Gasteiger partial charge in [0.2, 0.25) is 5.91 Å². The van der Waals surface area contributed by atoms with E-state index in [9.17, 15) is 19.5 Å². The van der Waals surface area contributed by atoms with E-state index in [0.717, 1.165) is 10.5 Å². The minimum Gasteiger partial charge on any atom is -0.493 e. The molecule has 184 valence electrons. The zero-order valence-electron chi connectivity index (χ0n) is 19.9. The van der Waals surface area contributed by atoms with Gasteiger partial charge in [-0.2, -0.15) is 0 Å². The van der Waals surface area contributed by atoms with Crippen LogP contribution in [0, 0.1) is 12.8 Å². The Hall–Kier alpha value is -4.37. The smallest absolute Gasteiger partial charge is 0.339 e. The number of para-hydroxylation sites is 1. The summed E-state index contributed by atoms with van der Waals surface area (Å²) in [5.74, 6) is -2.97. The monoisotopic (exact) mass is 488 g/mol. The Morgan fingerprint density at radius 1 is 0.889 bits per heavy atom. The highest BCUT2D eigenvalue weighted by Crippen LogP contribution is 2.50. The largest absolute Gasteiger partial charge is 0.493 e. The van der Waals surface area contributed by atoms with Gasteiger partial charge in [0.25, 0.3) is 5.91 Å². The molecule has 2 saturated heterocycles. The number of nitrogens with zero attached hydrogens (tertiary/aromatic N) is 2. The standard InChI is InChI=1S/C27H24N2O7/c1-15-9-11-16(12-10-15)28-25(30)21-22(18-13-14-19(34-2)23(35-3)20(18)27(32)33)29(36-24(21)26(28)31)17-7-5-4-6-8-17/h4-14,21-22,24H,1-3H3,(H,32,33). The lowest BCUT2D eigenvalue weighted by Gasteiger charge is -2.30. The number of benzene rings is 3. The predicted octanol–water partition coefficient (Wildman–Crippen LogP) is 3.76. The van der Waals surface area contributed by atoms with E-state index in [0.29, 0.717) is 11.4 Å². The van der Waals surface area contributed by atoms with Crippen molar-refractivity contribution in [2.75, 3.05) is 24.2 Å². The molecule has 0 saturated carbocycles. The summed E-state index contributed by atoms with van der Waals surface area (Å²) in [4.78, 5) is 47.0. The van der Waals surface area contributed by atoms with Gasteiger partial charge >= 0.3 is 5.97 Å². The fourth-order valence-electron chi connectivity index (χ4n) is 4.89. The first kappa shape index (κ1) is 23.4. The van der Waals surface area contributed by atoms with Crippen molar-refractivity contribution in [3.8, 4) is 11.5 Å². The Morgan fingerprint density at radius 3 is 2.19 bits per heavy atom. The van der Waals surface area contributed by atoms with Crippen molar-refractivity contribution >= 4 is 29.2 Å². The van der Waals surface area contributed by atoms with Crippen LogP contribution in [0.1, 0.15) is 27.5 Å². The van der Waals surface area contributed by atoms with Crippen molar-refractivity contribution in [1.82, 2.24) is 0 Å². The lowest BCUT2D eigenvalue weighted by Crippen LogP contribution is -2.37. The Kier molecular flexibility index (Phi) is 5.85. The number of carbonyl (C=O) groups excluding carboxylic acids is 2. The van der Waals surface area contributed by atoms with Crippen molar-refractivity contribution in [2.45, 2.75) is 19.1 Å². The van der Waals surface area contributed by atoms with Crippen LogP contribution < -0.4 is 19.4 Å². The molecule has 3 aromatic rings. The second-order valence-electron chi connectivity index (χ2n) is 8.58. The molecule has 2 amide bonds. The Bertz CT molecular complexity index is 1340. The molecule has 0 aromatic heterocycles. The first-order valence-corrected chi connectivity index (χ1v) is 11.3. The number of anilines is 2. The fourth-order valence-corrected chi connectivity index (χ4v) is 4.89. The highest BCUT2D eigenvalue weighted by atomic mass is 16.7. The van der Waals surface area contributed by atoms with Crippen molar-refractivity contribution in [2.24, 2.45) is 5.92 Å². The van der Waals surface area contributed by atoms with E-state index in [2.05, 4.69) is 0 Å². The molecule has 3 atom stereocenters. The predicted molar refractivity (Wildman–Crippen MR) is 130 cm³/mol. The number of amides is 2. The number of methoxy groups -OCH3 is 2. The number of imide groups is 1. The van der Waals surface area contributed by atoms with Gasteiger partial charge in [-0.15, -0.1) is 0 Å². The van der Waals surface area contributed by atoms with Gasteiger partial charge in [0.1, 0.15) is 11.5 Å². The Balaban J connectivity index is 1.68. The van der Waals surface area contributed by atoms with E-state index in [-0.39, 0.29) is 22.6 Å². The normalized spacial score (nSPS) is 21.0. The van der Waals surface area contributed by atoms with Gasteiger partial charge in [-0.05, 0) is 42.8 Å². The number of aromatic carboxylic acids is 1. The molecular formula is C27H24N2O7. The summed E-state index contributed by atoms with van der Waals surface area (Å²) < 4.78 is 10.7. The molecule has 3 aromatic carbocycles. The summed E-state index contributed by atoms with van der Waals surface area (Å²) in [6.45, 7) is 1.91. The highest BCUT2D eigenvalue weighted by Gasteiger charge is 2.61. The molecule has 2 fully saturated rings. The summed E-state index contributed by atoms with van der Waals surface area (Å²) in [5, 5.41) is 11.6. The van der Waals surface area contributed by atoms with Crippen LogP contribution in [-0.4, -0.2) is 43.2 Å². The van der Waals surface area contributed by atoms with Gasteiger partial charge in [-0.25, -0.2) is 14.8 Å². The van der Waals surface area contributed by atoms with Crippen LogP contribution in [0.5, 0.6) is 11.5 Å². The third-order valence-corrected chi connectivity index (χ3v) is 6.53. The number of carboxylic acid groups (broad SMARTS) is 1. The van der Waals surface area contributed by atoms with E-state index in [4.69, 9.17) is 14.3 Å². The summed E-state index contributed by atoms with van der Waals surface area (Å²) in [7, 11) is 2.76. The molecule has 9 nitrogen and oxygen atoms in total. The first-order valence-electron chi connectivity index (χ1n) is 11.3. The van der Waals surface area contributed by atoms with Gasteiger partial charge in [-0.1, -0.05) is 42.0 Å². The zero-order valence-corrected chi connectivity index (χ0v) is 19.9. The summed E-state index contributed by atoms with van der Waals surface area (Å²) in [5.41, 5.74) is 2.10. The van der Waals surface area contributed by atoms with E-state index in [1.165, 1.54) is 19.3 Å². The van der Waals surface area contributed by atoms with Gasteiger partial charge in [0.05, 0.1) is 31.6 Å². The maximum absolute atomic E-state index is 13.8. The van der Waals surface area contributed by atoms with Crippen LogP contribution in [0.25, 0.3) is 0 Å². The molecule has 9 heteroatoms. The van der Waals surface area contributed by atoms with Gasteiger partial charge in [0, 0.05) is 0 Å². The molecule has 1 N–H and O–H groups in total. The third-order valence-electron chi connectivity index (χ3n) is 6.53. The average Bonchev–Trinajstić information content (AvgIpc) is 3.39. The molecule has 36 heavy (non-hydrogen) atoms. The zero-order chi connectivity index (χ0) is 25.6. The number of carbonyl (C=O) groups is 3. The SMILES string of the molecule is COc1ccc(C2C3C(=O)N(c4ccc(C)cc4)C(=O)C3ON2c2ccccc2)c(C(=O)O)c1OC. The quantitative estimate of drug-likeness (QED) is 0.523. The van der Waals surface area contributed by atoms with E-state index in [1.807, 2.05) is 25.1 Å². The number of hydroxylamine groups is 1. The number of fused-ring (bicyclic) bond motifs is 1. The molecule has 0 spiro atoms. The third kappa shape index (κ3) is 3.56. The van der Waals surface area contributed by atoms with E-state index >= 15 is 0 Å². The molecule has 2 aliphatic heterocycles. The van der Waals surface area contributed by atoms with Crippen molar-refractivity contribution < 1.29 is 33.8 Å². The minimum atomic E-state index is -1.26. The van der Waals surface area contributed by atoms with Crippen molar-refractivity contribution in [3.63, 3.8) is 0 Å². The molecule has 5 rings (SSSR count). The van der Waals surface area contributed by atoms with Gasteiger partial charge < -0.3 is 14.6 Å². The van der Waals surface area contributed by atoms with E-state index in [1.54, 1.807) is 48.5 Å². The number of aryl methyl sites for hydroxylation is 1. The van der Waals surface area contributed by atoms with Crippen molar-refractivity contribution in [3.05, 3.63) is 83.4 Å². The molecule has 3 unspecified atom stereocenters. The summed E-state index contributed by atoms with van der Waals surface area (Å²) in [6.07, 6.45) is -1.13. The van der Waals surface area contributed by atoms with Gasteiger partial charge in [0.15, 0.2) is 17.6 Å². The highest BCUT2D eigenvalue weighted by molar-refractivity contribution is 6.24. The van der Waals surface area contributed by atoms with Crippen molar-refractivity contribution in [1.29, 1.82) is 0 Å². The van der Waals surface area contributed by atoms with Crippen LogP contribution in [-0.2, 0) is 14.4 Å². The number of rotatable bonds is 6. The number of hydrogen-bond acceptors (Lipinski definition) is 7. The lowest BCUT2D eigenvalue weighted by atomic mass is 9.87. The lowest BCUT2D eigenvalue weighted by molar-refractivity contribution is -0.126. The summed E-state index contributed by atoms with van der Waals surface area (Å²) >= 11 is 0. The fraction of sp³-hybridized carbons (Fsp3) is 0.222. The topological polar surface area (TPSA) is 106 Å².